The molecule has 0 spiro atoms. The van der Waals surface area contributed by atoms with Crippen molar-refractivity contribution < 1.29 is 29.0 Å². The number of carboxylic acid groups (broad SMARTS) is 1. The quantitative estimate of drug-likeness (QED) is 0.310. The second kappa shape index (κ2) is 12.7. The Balaban J connectivity index is 0.00000145. The summed E-state index contributed by atoms with van der Waals surface area (Å²) in [6, 6.07) is -0.150. The van der Waals surface area contributed by atoms with Gasteiger partial charge in [-0.3, -0.25) is 4.79 Å². The Bertz CT molecular complexity index is 1370. The molecule has 2 N–H and O–H groups in total. The van der Waals surface area contributed by atoms with Crippen LogP contribution >= 0.6 is 0 Å². The summed E-state index contributed by atoms with van der Waals surface area (Å²) in [5.41, 5.74) is 2.54. The number of carbonyl (C=O) groups is 2. The maximum absolute atomic E-state index is 13.1. The zero-order chi connectivity index (χ0) is 35.5. The van der Waals surface area contributed by atoms with Crippen LogP contribution in [0.3, 0.4) is 0 Å². The average Bonchev–Trinajstić information content (AvgIpc) is 3.36. The molecule has 0 bridgehead atoms. The van der Waals surface area contributed by atoms with Crippen LogP contribution in [0.5, 0.6) is 0 Å². The minimum absolute atomic E-state index is 0.0426. The van der Waals surface area contributed by atoms with E-state index in [-0.39, 0.29) is 45.7 Å². The van der Waals surface area contributed by atoms with E-state index in [9.17, 15) is 14.7 Å². The Morgan fingerprint density at radius 3 is 2.19 bits per heavy atom. The fourth-order valence-electron chi connectivity index (χ4n) is 13.2. The molecule has 6 aliphatic rings. The molecule has 0 aliphatic heterocycles. The van der Waals surface area contributed by atoms with E-state index in [2.05, 4.69) is 59.0 Å². The van der Waals surface area contributed by atoms with E-state index in [0.717, 1.165) is 44.4 Å². The third-order valence-electron chi connectivity index (χ3n) is 15.6. The molecular formula is C41H63NO6. The van der Waals surface area contributed by atoms with Gasteiger partial charge in [0.05, 0.1) is 5.41 Å². The lowest BCUT2D eigenvalue weighted by atomic mass is 9.32. The molecule has 0 aromatic rings. The number of alkyl carbamates (subject to hydrolysis) is 1. The predicted molar refractivity (Wildman–Crippen MR) is 186 cm³/mol. The average molecular weight is 666 g/mol. The highest BCUT2D eigenvalue weighted by atomic mass is 16.6. The number of amides is 1. The van der Waals surface area contributed by atoms with Crippen LogP contribution in [0.2, 0.25) is 0 Å². The third kappa shape index (κ3) is 5.72. The van der Waals surface area contributed by atoms with Crippen molar-refractivity contribution in [3.8, 4) is 0 Å². The molecule has 0 radical (unpaired) electrons. The predicted octanol–water partition coefficient (Wildman–Crippen LogP) is 9.52. The highest BCUT2D eigenvalue weighted by molar-refractivity contribution is 5.77. The van der Waals surface area contributed by atoms with E-state index in [1.54, 1.807) is 11.1 Å². The van der Waals surface area contributed by atoms with Crippen LogP contribution in [-0.2, 0) is 19.1 Å². The molecule has 7 nitrogen and oxygen atoms in total. The molecule has 10 atom stereocenters. The number of nitrogens with one attached hydrogen (secondary N) is 1. The maximum Gasteiger partial charge on any atom is 0.407 e. The SMILES string of the molecule is CCC1CC=C(C2=CC[C@]3(C)[C@H]4CC[C@@H]5[C@H]6[C@H](NC(=O)OC(C)(C)C)CC[C@]6(C(=O)O)CC[C@@]5(C)[C@]4(C)CC[C@H]3C2(C)C)CC1.O=C=O. The van der Waals surface area contributed by atoms with Crippen molar-refractivity contribution >= 4 is 18.2 Å². The summed E-state index contributed by atoms with van der Waals surface area (Å²) < 4.78 is 5.69. The molecule has 6 rings (SSSR count). The Kier molecular flexibility index (Phi) is 9.78. The number of allylic oxidation sites excluding steroid dienone is 4. The summed E-state index contributed by atoms with van der Waals surface area (Å²) in [6.45, 7) is 20.9. The van der Waals surface area contributed by atoms with Crippen LogP contribution < -0.4 is 5.32 Å². The Hall–Kier alpha value is -2.40. The third-order valence-corrected chi connectivity index (χ3v) is 15.6. The van der Waals surface area contributed by atoms with Gasteiger partial charge in [0.1, 0.15) is 5.60 Å². The van der Waals surface area contributed by atoms with Crippen molar-refractivity contribution in [3.05, 3.63) is 23.3 Å². The van der Waals surface area contributed by atoms with E-state index in [4.69, 9.17) is 14.3 Å². The molecule has 6 aliphatic carbocycles. The molecule has 4 saturated carbocycles. The number of aliphatic carboxylic acids is 1. The van der Waals surface area contributed by atoms with Crippen molar-refractivity contribution in [1.82, 2.24) is 5.32 Å². The molecule has 1 amide bonds. The van der Waals surface area contributed by atoms with Gasteiger partial charge < -0.3 is 15.2 Å². The lowest BCUT2D eigenvalue weighted by molar-refractivity contribution is -0.228. The van der Waals surface area contributed by atoms with Crippen molar-refractivity contribution in [3.63, 3.8) is 0 Å². The number of fused-ring (bicyclic) bond motifs is 7. The minimum atomic E-state index is -0.747. The summed E-state index contributed by atoms with van der Waals surface area (Å²) in [5.74, 6) is 1.70. The molecule has 48 heavy (non-hydrogen) atoms. The summed E-state index contributed by atoms with van der Waals surface area (Å²) >= 11 is 0. The maximum atomic E-state index is 13.1. The number of hydrogen-bond acceptors (Lipinski definition) is 5. The van der Waals surface area contributed by atoms with Gasteiger partial charge in [-0.05, 0) is 160 Å². The summed E-state index contributed by atoms with van der Waals surface area (Å²) in [4.78, 5) is 42.4. The number of rotatable bonds is 4. The first-order chi connectivity index (χ1) is 22.3. The van der Waals surface area contributed by atoms with Crippen LogP contribution in [-0.4, -0.2) is 35.0 Å². The molecule has 7 heteroatoms. The van der Waals surface area contributed by atoms with E-state index >= 15 is 0 Å². The number of hydrogen-bond donors (Lipinski definition) is 2. The first kappa shape index (κ1) is 36.9. The van der Waals surface area contributed by atoms with Crippen molar-refractivity contribution in [2.24, 2.45) is 56.7 Å². The molecule has 1 unspecified atom stereocenters. The molecular weight excluding hydrogens is 602 g/mol. The smallest absolute Gasteiger partial charge is 0.407 e. The second-order valence-corrected chi connectivity index (χ2v) is 18.9. The highest BCUT2D eigenvalue weighted by Gasteiger charge is 2.72. The number of carbonyl (C=O) groups excluding carboxylic acids is 3. The van der Waals surface area contributed by atoms with Gasteiger partial charge in [0, 0.05) is 6.04 Å². The standard InChI is InChI=1S/C40H63NO4.CO2/c1-10-25-11-13-26(14-12-25)27-17-20-37(7)30(36(27,5)6)19-21-39(9)31(37)16-15-28-32-29(41-34(44)45-35(2,3)4)18-22-40(32,33(42)43)24-23-38(28,39)8;2-1-3/h13,17,25,28-32H,10-12,14-16,18-24H2,1-9H3,(H,41,44)(H,42,43);/t25?,28-,29-,30+,31-,32+,37+,38-,39-,40+;/m1./s1. The fraction of sp³-hybridized carbons (Fsp3) is 0.829. The zero-order valence-electron chi connectivity index (χ0n) is 31.3. The monoisotopic (exact) mass is 665 g/mol. The normalized spacial score (nSPS) is 42.9. The van der Waals surface area contributed by atoms with Crippen molar-refractivity contribution in [2.45, 2.75) is 157 Å². The van der Waals surface area contributed by atoms with Crippen LogP contribution in [0.4, 0.5) is 4.79 Å². The van der Waals surface area contributed by atoms with Crippen molar-refractivity contribution in [2.75, 3.05) is 0 Å². The molecule has 0 saturated heterocycles. The molecule has 268 valence electrons. The zero-order valence-corrected chi connectivity index (χ0v) is 31.3. The summed E-state index contributed by atoms with van der Waals surface area (Å²) in [7, 11) is 0. The van der Waals surface area contributed by atoms with Gasteiger partial charge in [-0.2, -0.15) is 9.59 Å². The van der Waals surface area contributed by atoms with Crippen molar-refractivity contribution in [1.29, 1.82) is 0 Å². The minimum Gasteiger partial charge on any atom is -0.481 e. The van der Waals surface area contributed by atoms with Gasteiger partial charge in [0.15, 0.2) is 0 Å². The van der Waals surface area contributed by atoms with E-state index in [0.29, 0.717) is 18.3 Å². The molecule has 0 aromatic carbocycles. The van der Waals surface area contributed by atoms with Crippen LogP contribution in [0.15, 0.2) is 23.3 Å². The molecule has 0 aromatic heterocycles. The fourth-order valence-corrected chi connectivity index (χ4v) is 13.2. The van der Waals surface area contributed by atoms with Gasteiger partial charge >= 0.3 is 18.2 Å². The lowest BCUT2D eigenvalue weighted by Gasteiger charge is -2.72. The Morgan fingerprint density at radius 1 is 0.917 bits per heavy atom. The Morgan fingerprint density at radius 2 is 1.60 bits per heavy atom. The molecule has 4 fully saturated rings. The van der Waals surface area contributed by atoms with Gasteiger partial charge in [0.2, 0.25) is 0 Å². The van der Waals surface area contributed by atoms with E-state index < -0.39 is 23.1 Å². The summed E-state index contributed by atoms with van der Waals surface area (Å²) in [6.07, 6.45) is 19.1. The van der Waals surface area contributed by atoms with E-state index in [1.807, 2.05) is 20.8 Å². The van der Waals surface area contributed by atoms with Crippen LogP contribution in [0.25, 0.3) is 0 Å². The lowest BCUT2D eigenvalue weighted by Crippen LogP contribution is -2.66. The first-order valence-electron chi connectivity index (χ1n) is 19.0. The topological polar surface area (TPSA) is 110 Å². The molecule has 0 heterocycles. The Labute approximate surface area is 289 Å². The van der Waals surface area contributed by atoms with Gasteiger partial charge in [-0.25, -0.2) is 4.79 Å². The summed E-state index contributed by atoms with van der Waals surface area (Å²) in [5, 5.41) is 14.0. The largest absolute Gasteiger partial charge is 0.481 e. The van der Waals surface area contributed by atoms with Gasteiger partial charge in [0.25, 0.3) is 0 Å². The second-order valence-electron chi connectivity index (χ2n) is 18.9. The van der Waals surface area contributed by atoms with E-state index in [1.165, 1.54) is 38.5 Å². The van der Waals surface area contributed by atoms with Crippen LogP contribution in [0.1, 0.15) is 146 Å². The van der Waals surface area contributed by atoms with Crippen LogP contribution in [0, 0.1) is 56.7 Å². The number of carboxylic acids is 1. The van der Waals surface area contributed by atoms with Gasteiger partial charge in [-0.15, -0.1) is 0 Å². The number of ether oxygens (including phenoxy) is 1. The first-order valence-corrected chi connectivity index (χ1v) is 19.0. The van der Waals surface area contributed by atoms with Gasteiger partial charge in [-0.1, -0.05) is 60.1 Å². The highest BCUT2D eigenvalue weighted by Crippen LogP contribution is 2.77.